The minimum absolute atomic E-state index is 0.0541. The average Bonchev–Trinajstić information content (AvgIpc) is 3.48. The van der Waals surface area contributed by atoms with Crippen LogP contribution in [0.5, 0.6) is 0 Å². The highest BCUT2D eigenvalue weighted by atomic mass is 16.3. The van der Waals surface area contributed by atoms with Crippen LogP contribution in [0.4, 0.5) is 11.4 Å². The normalized spacial score (nSPS) is 15.7. The van der Waals surface area contributed by atoms with E-state index in [0.717, 1.165) is 17.0 Å². The fourth-order valence-electron chi connectivity index (χ4n) is 3.65. The van der Waals surface area contributed by atoms with Crippen LogP contribution in [0.1, 0.15) is 50.1 Å². The Bertz CT molecular complexity index is 1190. The van der Waals surface area contributed by atoms with Gasteiger partial charge in [-0.25, -0.2) is 5.01 Å². The summed E-state index contributed by atoms with van der Waals surface area (Å²) in [6, 6.07) is 18.8. The van der Waals surface area contributed by atoms with Crippen molar-refractivity contribution >= 4 is 28.9 Å². The third-order valence-electron chi connectivity index (χ3n) is 5.67. The van der Waals surface area contributed by atoms with Gasteiger partial charge >= 0.3 is 0 Å². The van der Waals surface area contributed by atoms with E-state index < -0.39 is 5.41 Å². The molecule has 7 nitrogen and oxygen atoms in total. The number of rotatable bonds is 6. The standard InChI is InChI=1S/C27H30N4O3/c1-18-10-12-19(13-11-18)22-16-23(24-9-6-14-34-24)31(30-22)25(32)17-28-20-7-5-8-21(15-20)29-26(33)27(2,3)4/h5-15,23,28H,16-17H2,1-4H3,(H,29,33). The molecule has 2 amide bonds. The molecule has 0 spiro atoms. The van der Waals surface area contributed by atoms with Gasteiger partial charge in [0.2, 0.25) is 5.91 Å². The zero-order valence-electron chi connectivity index (χ0n) is 20.0. The Morgan fingerprint density at radius 2 is 1.79 bits per heavy atom. The average molecular weight is 459 g/mol. The Hall–Kier alpha value is -3.87. The number of nitrogens with zero attached hydrogens (tertiary/aromatic N) is 2. The lowest BCUT2D eigenvalue weighted by atomic mass is 9.95. The summed E-state index contributed by atoms with van der Waals surface area (Å²) in [5.74, 6) is 0.454. The van der Waals surface area contributed by atoms with Crippen LogP contribution in [0.25, 0.3) is 0 Å². The maximum atomic E-state index is 13.2. The Kier molecular flexibility index (Phi) is 6.54. The number of amides is 2. The molecule has 1 atom stereocenters. The smallest absolute Gasteiger partial charge is 0.262 e. The zero-order valence-corrected chi connectivity index (χ0v) is 20.0. The number of benzene rings is 2. The first-order valence-corrected chi connectivity index (χ1v) is 11.4. The van der Waals surface area contributed by atoms with Gasteiger partial charge in [0.15, 0.2) is 0 Å². The fraction of sp³-hybridized carbons (Fsp3) is 0.296. The van der Waals surface area contributed by atoms with E-state index in [1.165, 1.54) is 10.6 Å². The van der Waals surface area contributed by atoms with Crippen LogP contribution in [0, 0.1) is 12.3 Å². The Balaban J connectivity index is 1.48. The van der Waals surface area contributed by atoms with Gasteiger partial charge in [-0.1, -0.05) is 56.7 Å². The lowest BCUT2D eigenvalue weighted by Gasteiger charge is -2.20. The predicted molar refractivity (Wildman–Crippen MR) is 134 cm³/mol. The molecular formula is C27H30N4O3. The van der Waals surface area contributed by atoms with E-state index in [-0.39, 0.29) is 24.4 Å². The molecule has 1 aliphatic heterocycles. The van der Waals surface area contributed by atoms with Crippen LogP contribution in [0.3, 0.4) is 0 Å². The second-order valence-electron chi connectivity index (χ2n) is 9.52. The molecule has 0 radical (unpaired) electrons. The monoisotopic (exact) mass is 458 g/mol. The molecule has 1 unspecified atom stereocenters. The highest BCUT2D eigenvalue weighted by Gasteiger charge is 2.34. The van der Waals surface area contributed by atoms with E-state index in [9.17, 15) is 9.59 Å². The molecule has 0 fully saturated rings. The van der Waals surface area contributed by atoms with Crippen molar-refractivity contribution in [1.29, 1.82) is 0 Å². The molecule has 2 aromatic carbocycles. The molecule has 0 aliphatic carbocycles. The SMILES string of the molecule is Cc1ccc(C2=NN(C(=O)CNc3cccc(NC(=O)C(C)(C)C)c3)C(c3ccco3)C2)cc1. The number of carbonyl (C=O) groups is 2. The summed E-state index contributed by atoms with van der Waals surface area (Å²) in [7, 11) is 0. The van der Waals surface area contributed by atoms with Gasteiger partial charge in [0, 0.05) is 23.2 Å². The Morgan fingerprint density at radius 3 is 2.47 bits per heavy atom. The molecule has 0 saturated carbocycles. The van der Waals surface area contributed by atoms with Crippen molar-refractivity contribution < 1.29 is 14.0 Å². The van der Waals surface area contributed by atoms with E-state index in [1.54, 1.807) is 6.26 Å². The van der Waals surface area contributed by atoms with Gasteiger partial charge in [0.25, 0.3) is 5.91 Å². The van der Waals surface area contributed by atoms with Crippen molar-refractivity contribution in [3.63, 3.8) is 0 Å². The van der Waals surface area contributed by atoms with Crippen LogP contribution < -0.4 is 10.6 Å². The first-order chi connectivity index (χ1) is 16.2. The maximum Gasteiger partial charge on any atom is 0.262 e. The summed E-state index contributed by atoms with van der Waals surface area (Å²) in [5, 5.41) is 12.2. The van der Waals surface area contributed by atoms with Crippen molar-refractivity contribution in [2.75, 3.05) is 17.2 Å². The summed E-state index contributed by atoms with van der Waals surface area (Å²) in [4.78, 5) is 25.5. The molecule has 7 heteroatoms. The molecule has 2 N–H and O–H groups in total. The number of anilines is 2. The molecule has 1 aliphatic rings. The summed E-state index contributed by atoms with van der Waals surface area (Å²) >= 11 is 0. The van der Waals surface area contributed by atoms with E-state index in [4.69, 9.17) is 4.42 Å². The van der Waals surface area contributed by atoms with E-state index >= 15 is 0 Å². The summed E-state index contributed by atoms with van der Waals surface area (Å²) < 4.78 is 5.62. The van der Waals surface area contributed by atoms with Crippen LogP contribution in [-0.4, -0.2) is 29.1 Å². The lowest BCUT2D eigenvalue weighted by Crippen LogP contribution is -2.32. The first-order valence-electron chi connectivity index (χ1n) is 11.4. The Labute approximate surface area is 199 Å². The minimum Gasteiger partial charge on any atom is -0.467 e. The minimum atomic E-state index is -0.497. The zero-order chi connectivity index (χ0) is 24.3. The van der Waals surface area contributed by atoms with Crippen molar-refractivity contribution in [3.8, 4) is 0 Å². The van der Waals surface area contributed by atoms with Crippen LogP contribution >= 0.6 is 0 Å². The molecule has 0 saturated heterocycles. The van der Waals surface area contributed by atoms with Gasteiger partial charge in [-0.2, -0.15) is 5.10 Å². The second kappa shape index (κ2) is 9.55. The quantitative estimate of drug-likeness (QED) is 0.520. The van der Waals surface area contributed by atoms with Gasteiger partial charge in [0.1, 0.15) is 11.8 Å². The molecular weight excluding hydrogens is 428 g/mol. The number of hydrogen-bond donors (Lipinski definition) is 2. The highest BCUT2D eigenvalue weighted by Crippen LogP contribution is 2.33. The summed E-state index contributed by atoms with van der Waals surface area (Å²) in [6.45, 7) is 7.68. The topological polar surface area (TPSA) is 86.9 Å². The van der Waals surface area contributed by atoms with E-state index in [2.05, 4.69) is 15.7 Å². The third-order valence-corrected chi connectivity index (χ3v) is 5.67. The molecule has 2 heterocycles. The summed E-state index contributed by atoms with van der Waals surface area (Å²) in [6.07, 6.45) is 2.19. The third kappa shape index (κ3) is 5.36. The predicted octanol–water partition coefficient (Wildman–Crippen LogP) is 5.36. The van der Waals surface area contributed by atoms with Crippen molar-refractivity contribution in [3.05, 3.63) is 83.8 Å². The maximum absolute atomic E-state index is 13.2. The lowest BCUT2D eigenvalue weighted by molar-refractivity contribution is -0.131. The van der Waals surface area contributed by atoms with Gasteiger partial charge in [-0.15, -0.1) is 0 Å². The van der Waals surface area contributed by atoms with Gasteiger partial charge < -0.3 is 15.1 Å². The largest absolute Gasteiger partial charge is 0.467 e. The number of furan rings is 1. The van der Waals surface area contributed by atoms with Gasteiger partial charge in [-0.05, 0) is 42.8 Å². The molecule has 4 rings (SSSR count). The number of hydrazone groups is 1. The highest BCUT2D eigenvalue weighted by molar-refractivity contribution is 6.03. The number of nitrogens with one attached hydrogen (secondary N) is 2. The van der Waals surface area contributed by atoms with Crippen molar-refractivity contribution in [1.82, 2.24) is 5.01 Å². The van der Waals surface area contributed by atoms with Crippen LogP contribution in [0.2, 0.25) is 0 Å². The number of hydrogen-bond acceptors (Lipinski definition) is 5. The molecule has 3 aromatic rings. The Morgan fingerprint density at radius 1 is 1.06 bits per heavy atom. The van der Waals surface area contributed by atoms with E-state index in [1.807, 2.05) is 88.4 Å². The molecule has 1 aromatic heterocycles. The van der Waals surface area contributed by atoms with Gasteiger partial charge in [-0.3, -0.25) is 9.59 Å². The fourth-order valence-corrected chi connectivity index (χ4v) is 3.65. The second-order valence-corrected chi connectivity index (χ2v) is 9.52. The van der Waals surface area contributed by atoms with E-state index in [0.29, 0.717) is 17.9 Å². The van der Waals surface area contributed by atoms with Gasteiger partial charge in [0.05, 0.1) is 18.5 Å². The van der Waals surface area contributed by atoms with Crippen molar-refractivity contribution in [2.24, 2.45) is 10.5 Å². The first kappa shape index (κ1) is 23.3. The molecule has 34 heavy (non-hydrogen) atoms. The summed E-state index contributed by atoms with van der Waals surface area (Å²) in [5.41, 5.74) is 3.92. The molecule has 0 bridgehead atoms. The van der Waals surface area contributed by atoms with Crippen LogP contribution in [-0.2, 0) is 9.59 Å². The number of carbonyl (C=O) groups excluding carboxylic acids is 2. The number of aryl methyl sites for hydroxylation is 1. The van der Waals surface area contributed by atoms with Crippen molar-refractivity contribution in [2.45, 2.75) is 40.2 Å². The molecule has 176 valence electrons. The van der Waals surface area contributed by atoms with Crippen LogP contribution in [0.15, 0.2) is 76.4 Å².